The first-order valence-corrected chi connectivity index (χ1v) is 10.4. The van der Waals surface area contributed by atoms with Crippen LogP contribution in [-0.2, 0) is 10.0 Å². The summed E-state index contributed by atoms with van der Waals surface area (Å²) in [6.07, 6.45) is 12.5. The Labute approximate surface area is 139 Å². The van der Waals surface area contributed by atoms with Gasteiger partial charge in [-0.05, 0) is 44.6 Å². The molecule has 2 aliphatic rings. The summed E-state index contributed by atoms with van der Waals surface area (Å²) < 4.78 is 26.6. The summed E-state index contributed by atoms with van der Waals surface area (Å²) in [5.41, 5.74) is 0. The first-order valence-electron chi connectivity index (χ1n) is 8.95. The number of hydrogen-bond acceptors (Lipinski definition) is 3. The first-order chi connectivity index (χ1) is 11.2. The van der Waals surface area contributed by atoms with Crippen molar-refractivity contribution >= 4 is 15.8 Å². The Hall–Kier alpha value is -1.14. The third-order valence-electron chi connectivity index (χ3n) is 4.95. The average Bonchev–Trinajstić information content (AvgIpc) is 3.05. The number of pyridine rings is 1. The highest BCUT2D eigenvalue weighted by Crippen LogP contribution is 2.22. The number of aromatic amines is 1. The monoisotopic (exact) mass is 338 g/mol. The highest BCUT2D eigenvalue weighted by molar-refractivity contribution is 7.89. The minimum absolute atomic E-state index is 0.364. The van der Waals surface area contributed by atoms with Gasteiger partial charge in [-0.3, -0.25) is 5.32 Å². The molecule has 1 aliphatic carbocycles. The van der Waals surface area contributed by atoms with Crippen LogP contribution >= 0.6 is 0 Å². The van der Waals surface area contributed by atoms with Gasteiger partial charge in [0.05, 0.1) is 6.04 Å². The molecule has 1 saturated heterocycles. The fraction of sp³-hybridized carbons (Fsp3) is 0.706. The van der Waals surface area contributed by atoms with Gasteiger partial charge in [0.1, 0.15) is 11.1 Å². The van der Waals surface area contributed by atoms with Crippen LogP contribution in [-0.4, -0.2) is 31.9 Å². The van der Waals surface area contributed by atoms with Gasteiger partial charge in [0.2, 0.25) is 10.0 Å². The fourth-order valence-electron chi connectivity index (χ4n) is 3.56. The van der Waals surface area contributed by atoms with Crippen LogP contribution in [0.15, 0.2) is 23.2 Å². The summed E-state index contributed by atoms with van der Waals surface area (Å²) in [6, 6.07) is 4.07. The number of hydrogen-bond donors (Lipinski definition) is 1. The van der Waals surface area contributed by atoms with E-state index in [1.54, 1.807) is 16.6 Å². The van der Waals surface area contributed by atoms with E-state index in [9.17, 15) is 8.42 Å². The lowest BCUT2D eigenvalue weighted by atomic mass is 9.97. The van der Waals surface area contributed by atoms with Gasteiger partial charge in [-0.1, -0.05) is 19.3 Å². The van der Waals surface area contributed by atoms with Crippen molar-refractivity contribution in [2.45, 2.75) is 68.7 Å². The summed E-state index contributed by atoms with van der Waals surface area (Å²) in [5.74, 6) is 0.913. The molecule has 23 heavy (non-hydrogen) atoms. The predicted molar refractivity (Wildman–Crippen MR) is 90.7 cm³/mol. The maximum absolute atomic E-state index is 12.5. The van der Waals surface area contributed by atoms with E-state index in [-0.39, 0.29) is 0 Å². The molecular weight excluding hydrogens is 310 g/mol. The number of nitrogens with one attached hydrogen (secondary N) is 2. The van der Waals surface area contributed by atoms with Gasteiger partial charge in [-0.25, -0.2) is 13.4 Å². The zero-order valence-electron chi connectivity index (χ0n) is 13.8. The molecule has 0 bridgehead atoms. The van der Waals surface area contributed by atoms with Crippen molar-refractivity contribution in [2.24, 2.45) is 0 Å². The van der Waals surface area contributed by atoms with E-state index in [4.69, 9.17) is 0 Å². The molecule has 3 rings (SSSR count). The number of aromatic nitrogens is 1. The SMILES string of the molecule is O=S(=O)(c1ccc(NC2CCCCCCC2)[nH+]c1)N1CCCC1. The van der Waals surface area contributed by atoms with Gasteiger partial charge in [0.25, 0.3) is 5.82 Å². The Balaban J connectivity index is 1.64. The number of nitrogens with zero attached hydrogens (tertiary/aromatic N) is 1. The van der Waals surface area contributed by atoms with Gasteiger partial charge in [-0.2, -0.15) is 4.31 Å². The molecule has 0 radical (unpaired) electrons. The van der Waals surface area contributed by atoms with Crippen LogP contribution in [0.3, 0.4) is 0 Å². The number of H-pyrrole nitrogens is 1. The molecule has 0 unspecified atom stereocenters. The van der Waals surface area contributed by atoms with Crippen LogP contribution in [0.5, 0.6) is 0 Å². The molecule has 1 aliphatic heterocycles. The molecule has 0 aromatic carbocycles. The molecule has 2 fully saturated rings. The lowest BCUT2D eigenvalue weighted by Crippen LogP contribution is -2.30. The molecule has 1 aromatic rings. The van der Waals surface area contributed by atoms with E-state index in [1.807, 2.05) is 6.07 Å². The van der Waals surface area contributed by atoms with Gasteiger partial charge >= 0.3 is 0 Å². The maximum atomic E-state index is 12.5. The Morgan fingerprint density at radius 2 is 1.61 bits per heavy atom. The lowest BCUT2D eigenvalue weighted by Gasteiger charge is -2.17. The van der Waals surface area contributed by atoms with Crippen molar-refractivity contribution < 1.29 is 13.4 Å². The molecular formula is C17H28N3O2S+. The van der Waals surface area contributed by atoms with Crippen LogP contribution in [0.4, 0.5) is 5.82 Å². The van der Waals surface area contributed by atoms with Crippen LogP contribution in [0, 0.1) is 0 Å². The fourth-order valence-corrected chi connectivity index (χ4v) is 5.04. The minimum Gasteiger partial charge on any atom is -0.272 e. The number of anilines is 1. The van der Waals surface area contributed by atoms with Crippen molar-refractivity contribution in [3.8, 4) is 0 Å². The van der Waals surface area contributed by atoms with E-state index >= 15 is 0 Å². The maximum Gasteiger partial charge on any atom is 0.272 e. The van der Waals surface area contributed by atoms with E-state index in [0.29, 0.717) is 24.0 Å². The Morgan fingerprint density at radius 1 is 0.957 bits per heavy atom. The largest absolute Gasteiger partial charge is 0.272 e. The van der Waals surface area contributed by atoms with Gasteiger partial charge < -0.3 is 0 Å². The van der Waals surface area contributed by atoms with Gasteiger partial charge in [0.15, 0.2) is 0 Å². The molecule has 0 spiro atoms. The standard InChI is InChI=1S/C17H27N3O2S/c21-23(22,20-12-6-7-13-20)16-10-11-17(18-14-16)19-15-8-4-2-1-3-5-9-15/h10-11,14-15H,1-9,12-13H2,(H,18,19)/p+1. The normalized spacial score (nSPS) is 21.7. The summed E-state index contributed by atoms with van der Waals surface area (Å²) in [6.45, 7) is 1.29. The second kappa shape index (κ2) is 7.62. The molecule has 6 heteroatoms. The Morgan fingerprint density at radius 3 is 2.22 bits per heavy atom. The first kappa shape index (κ1) is 16.7. The number of rotatable bonds is 4. The van der Waals surface area contributed by atoms with E-state index < -0.39 is 10.0 Å². The van der Waals surface area contributed by atoms with Crippen molar-refractivity contribution in [2.75, 3.05) is 18.4 Å². The van der Waals surface area contributed by atoms with Crippen LogP contribution in [0.1, 0.15) is 57.8 Å². The van der Waals surface area contributed by atoms with E-state index in [0.717, 1.165) is 18.7 Å². The molecule has 1 aromatic heterocycles. The van der Waals surface area contributed by atoms with Gasteiger partial charge in [-0.15, -0.1) is 0 Å². The van der Waals surface area contributed by atoms with Crippen LogP contribution in [0.25, 0.3) is 0 Å². The molecule has 2 heterocycles. The summed E-state index contributed by atoms with van der Waals surface area (Å²) >= 11 is 0. The quantitative estimate of drug-likeness (QED) is 0.918. The zero-order valence-corrected chi connectivity index (χ0v) is 14.6. The summed E-state index contributed by atoms with van der Waals surface area (Å²) in [7, 11) is -3.32. The van der Waals surface area contributed by atoms with Crippen molar-refractivity contribution in [1.29, 1.82) is 0 Å². The lowest BCUT2D eigenvalue weighted by molar-refractivity contribution is -0.364. The minimum atomic E-state index is -3.32. The molecule has 2 N–H and O–H groups in total. The summed E-state index contributed by atoms with van der Waals surface area (Å²) in [4.78, 5) is 3.50. The second-order valence-corrected chi connectivity index (χ2v) is 8.67. The molecule has 128 valence electrons. The van der Waals surface area contributed by atoms with Crippen molar-refractivity contribution in [1.82, 2.24) is 4.31 Å². The smallest absolute Gasteiger partial charge is 0.272 e. The highest BCUT2D eigenvalue weighted by Gasteiger charge is 2.28. The predicted octanol–water partition coefficient (Wildman–Crippen LogP) is 2.81. The topological polar surface area (TPSA) is 63.6 Å². The molecule has 5 nitrogen and oxygen atoms in total. The molecule has 0 amide bonds. The van der Waals surface area contributed by atoms with Crippen molar-refractivity contribution in [3.05, 3.63) is 18.3 Å². The van der Waals surface area contributed by atoms with Crippen molar-refractivity contribution in [3.63, 3.8) is 0 Å². The van der Waals surface area contributed by atoms with Crippen LogP contribution in [0.2, 0.25) is 0 Å². The summed E-state index contributed by atoms with van der Waals surface area (Å²) in [5, 5.41) is 3.53. The third-order valence-corrected chi connectivity index (χ3v) is 6.85. The second-order valence-electron chi connectivity index (χ2n) is 6.74. The highest BCUT2D eigenvalue weighted by atomic mass is 32.2. The average molecular weight is 338 g/mol. The Bertz CT molecular complexity index is 587. The molecule has 0 atom stereocenters. The zero-order chi connectivity index (χ0) is 16.1. The van der Waals surface area contributed by atoms with Gasteiger partial charge in [0, 0.05) is 19.2 Å². The number of sulfonamides is 1. The Kier molecular flexibility index (Phi) is 5.54. The third kappa shape index (κ3) is 4.23. The van der Waals surface area contributed by atoms with E-state index in [2.05, 4.69) is 10.3 Å². The van der Waals surface area contributed by atoms with Crippen LogP contribution < -0.4 is 10.3 Å². The van der Waals surface area contributed by atoms with E-state index in [1.165, 1.54) is 44.9 Å². The molecule has 1 saturated carbocycles.